The summed E-state index contributed by atoms with van der Waals surface area (Å²) in [5.74, 6) is -0.288. The topological polar surface area (TPSA) is 62.2 Å². The molecule has 2 N–H and O–H groups in total. The van der Waals surface area contributed by atoms with Crippen molar-refractivity contribution in [2.75, 3.05) is 6.54 Å². The molecule has 0 unspecified atom stereocenters. The van der Waals surface area contributed by atoms with Crippen LogP contribution in [0.3, 0.4) is 0 Å². The predicted octanol–water partition coefficient (Wildman–Crippen LogP) is 1.77. The first-order valence-corrected chi connectivity index (χ1v) is 6.10. The first-order chi connectivity index (χ1) is 8.11. The van der Waals surface area contributed by atoms with Gasteiger partial charge in [-0.25, -0.2) is 4.98 Å². The lowest BCUT2D eigenvalue weighted by molar-refractivity contribution is 0.0449. The average Bonchev–Trinajstić information content (AvgIpc) is 2.74. The molecular weight excluding hydrogens is 240 g/mol. The van der Waals surface area contributed by atoms with Crippen molar-refractivity contribution in [3.05, 3.63) is 29.0 Å². The largest absolute Gasteiger partial charge is 0.388 e. The molecule has 1 saturated carbocycles. The molecule has 2 rings (SSSR count). The van der Waals surface area contributed by atoms with Crippen LogP contribution in [0.15, 0.2) is 18.3 Å². The molecule has 0 spiro atoms. The number of nitrogens with zero attached hydrogens (tertiary/aromatic N) is 1. The predicted molar refractivity (Wildman–Crippen MR) is 65.0 cm³/mol. The number of aromatic nitrogens is 1. The highest BCUT2D eigenvalue weighted by Crippen LogP contribution is 2.28. The molecule has 0 aliphatic heterocycles. The fourth-order valence-electron chi connectivity index (χ4n) is 2.11. The van der Waals surface area contributed by atoms with Gasteiger partial charge in [-0.3, -0.25) is 4.79 Å². The maximum Gasteiger partial charge on any atom is 0.254 e. The van der Waals surface area contributed by atoms with Gasteiger partial charge in [-0.2, -0.15) is 0 Å². The Morgan fingerprint density at radius 2 is 2.24 bits per heavy atom. The Labute approximate surface area is 105 Å². The van der Waals surface area contributed by atoms with Crippen LogP contribution in [-0.2, 0) is 0 Å². The summed E-state index contributed by atoms with van der Waals surface area (Å²) in [5, 5.41) is 13.0. The first-order valence-electron chi connectivity index (χ1n) is 5.72. The maximum atomic E-state index is 11.8. The first kappa shape index (κ1) is 12.3. The molecule has 1 heterocycles. The number of carbonyl (C=O) groups excluding carboxylic acids is 1. The van der Waals surface area contributed by atoms with E-state index in [4.69, 9.17) is 11.6 Å². The lowest BCUT2D eigenvalue weighted by Crippen LogP contribution is -2.40. The minimum Gasteiger partial charge on any atom is -0.388 e. The van der Waals surface area contributed by atoms with E-state index in [1.807, 2.05) is 0 Å². The van der Waals surface area contributed by atoms with Crippen molar-refractivity contribution in [2.45, 2.75) is 31.3 Å². The second kappa shape index (κ2) is 5.02. The molecule has 17 heavy (non-hydrogen) atoms. The van der Waals surface area contributed by atoms with E-state index < -0.39 is 5.60 Å². The van der Waals surface area contributed by atoms with Crippen molar-refractivity contribution in [1.82, 2.24) is 10.3 Å². The minimum atomic E-state index is -0.746. The Bertz CT molecular complexity index is 417. The fraction of sp³-hybridized carbons (Fsp3) is 0.500. The Morgan fingerprint density at radius 3 is 2.88 bits per heavy atom. The van der Waals surface area contributed by atoms with Crippen LogP contribution >= 0.6 is 11.6 Å². The molecular formula is C12H15ClN2O2. The number of halogens is 1. The Morgan fingerprint density at radius 1 is 1.53 bits per heavy atom. The van der Waals surface area contributed by atoms with Crippen molar-refractivity contribution in [2.24, 2.45) is 0 Å². The van der Waals surface area contributed by atoms with Gasteiger partial charge >= 0.3 is 0 Å². The van der Waals surface area contributed by atoms with E-state index in [-0.39, 0.29) is 17.6 Å². The number of aliphatic hydroxyl groups is 1. The smallest absolute Gasteiger partial charge is 0.254 e. The van der Waals surface area contributed by atoms with E-state index in [2.05, 4.69) is 10.3 Å². The standard InChI is InChI=1S/C12H15ClN2O2/c13-10-9(4-3-7-14-10)11(16)15-8-12(17)5-1-2-6-12/h3-4,7,17H,1-2,5-6,8H2,(H,15,16). The van der Waals surface area contributed by atoms with Crippen LogP contribution in [0.1, 0.15) is 36.0 Å². The van der Waals surface area contributed by atoms with Gasteiger partial charge in [0.1, 0.15) is 5.15 Å². The summed E-state index contributed by atoms with van der Waals surface area (Å²) < 4.78 is 0. The molecule has 0 atom stereocenters. The highest BCUT2D eigenvalue weighted by atomic mass is 35.5. The number of amides is 1. The molecule has 1 aliphatic rings. The van der Waals surface area contributed by atoms with E-state index in [0.717, 1.165) is 25.7 Å². The van der Waals surface area contributed by atoms with Crippen LogP contribution in [-0.4, -0.2) is 28.1 Å². The maximum absolute atomic E-state index is 11.8. The molecule has 1 amide bonds. The molecule has 5 heteroatoms. The number of nitrogens with one attached hydrogen (secondary N) is 1. The third-order valence-electron chi connectivity index (χ3n) is 3.12. The van der Waals surface area contributed by atoms with Gasteiger partial charge < -0.3 is 10.4 Å². The monoisotopic (exact) mass is 254 g/mol. The van der Waals surface area contributed by atoms with Crippen molar-refractivity contribution in [3.8, 4) is 0 Å². The second-order valence-corrected chi connectivity index (χ2v) is 4.81. The van der Waals surface area contributed by atoms with Crippen LogP contribution in [0.4, 0.5) is 0 Å². The Kier molecular flexibility index (Phi) is 3.64. The van der Waals surface area contributed by atoms with Crippen LogP contribution < -0.4 is 5.32 Å². The highest BCUT2D eigenvalue weighted by Gasteiger charge is 2.31. The zero-order valence-electron chi connectivity index (χ0n) is 9.45. The molecule has 1 aromatic heterocycles. The summed E-state index contributed by atoms with van der Waals surface area (Å²) in [6, 6.07) is 3.27. The lowest BCUT2D eigenvalue weighted by Gasteiger charge is -2.22. The average molecular weight is 255 g/mol. The van der Waals surface area contributed by atoms with Crippen molar-refractivity contribution < 1.29 is 9.90 Å². The molecule has 0 bridgehead atoms. The van der Waals surface area contributed by atoms with E-state index >= 15 is 0 Å². The normalized spacial score (nSPS) is 18.0. The number of hydrogen-bond donors (Lipinski definition) is 2. The number of carbonyl (C=O) groups is 1. The molecule has 0 radical (unpaired) electrons. The van der Waals surface area contributed by atoms with Crippen LogP contribution in [0.25, 0.3) is 0 Å². The van der Waals surface area contributed by atoms with Gasteiger partial charge in [0.25, 0.3) is 5.91 Å². The van der Waals surface area contributed by atoms with E-state index in [9.17, 15) is 9.90 Å². The zero-order chi connectivity index (χ0) is 12.3. The van der Waals surface area contributed by atoms with Gasteiger partial charge in [-0.1, -0.05) is 24.4 Å². The van der Waals surface area contributed by atoms with Gasteiger partial charge in [0, 0.05) is 12.7 Å². The van der Waals surface area contributed by atoms with E-state index in [1.165, 1.54) is 6.20 Å². The van der Waals surface area contributed by atoms with Crippen molar-refractivity contribution in [3.63, 3.8) is 0 Å². The molecule has 1 aromatic rings. The van der Waals surface area contributed by atoms with Gasteiger partial charge in [-0.05, 0) is 25.0 Å². The van der Waals surface area contributed by atoms with E-state index in [0.29, 0.717) is 5.56 Å². The number of rotatable bonds is 3. The minimum absolute atomic E-state index is 0.184. The molecule has 1 fully saturated rings. The summed E-state index contributed by atoms with van der Waals surface area (Å²) in [7, 11) is 0. The summed E-state index contributed by atoms with van der Waals surface area (Å²) >= 11 is 5.81. The summed E-state index contributed by atoms with van der Waals surface area (Å²) in [6.07, 6.45) is 5.05. The lowest BCUT2D eigenvalue weighted by atomic mass is 10.0. The highest BCUT2D eigenvalue weighted by molar-refractivity contribution is 6.32. The zero-order valence-corrected chi connectivity index (χ0v) is 10.2. The Balaban J connectivity index is 1.96. The molecule has 1 aliphatic carbocycles. The summed E-state index contributed by atoms with van der Waals surface area (Å²) in [4.78, 5) is 15.7. The number of pyridine rings is 1. The molecule has 92 valence electrons. The van der Waals surface area contributed by atoms with Gasteiger partial charge in [0.05, 0.1) is 11.2 Å². The van der Waals surface area contributed by atoms with Gasteiger partial charge in [0.15, 0.2) is 0 Å². The van der Waals surface area contributed by atoms with Crippen LogP contribution in [0.2, 0.25) is 5.15 Å². The summed E-state index contributed by atoms with van der Waals surface area (Å²) in [5.41, 5.74) is -0.402. The second-order valence-electron chi connectivity index (χ2n) is 4.46. The SMILES string of the molecule is O=C(NCC1(O)CCCC1)c1cccnc1Cl. The molecule has 0 aromatic carbocycles. The third kappa shape index (κ3) is 2.96. The number of hydrogen-bond acceptors (Lipinski definition) is 3. The van der Waals surface area contributed by atoms with Crippen LogP contribution in [0, 0.1) is 0 Å². The van der Waals surface area contributed by atoms with Crippen molar-refractivity contribution >= 4 is 17.5 Å². The van der Waals surface area contributed by atoms with Crippen molar-refractivity contribution in [1.29, 1.82) is 0 Å². The van der Waals surface area contributed by atoms with Gasteiger partial charge in [0.2, 0.25) is 0 Å². The van der Waals surface area contributed by atoms with E-state index in [1.54, 1.807) is 12.1 Å². The van der Waals surface area contributed by atoms with Crippen LogP contribution in [0.5, 0.6) is 0 Å². The molecule has 4 nitrogen and oxygen atoms in total. The quantitative estimate of drug-likeness (QED) is 0.808. The Hall–Kier alpha value is -1.13. The fourth-order valence-corrected chi connectivity index (χ4v) is 2.31. The third-order valence-corrected chi connectivity index (χ3v) is 3.42. The van der Waals surface area contributed by atoms with Gasteiger partial charge in [-0.15, -0.1) is 0 Å². The summed E-state index contributed by atoms with van der Waals surface area (Å²) in [6.45, 7) is 0.275. The molecule has 0 saturated heterocycles.